The van der Waals surface area contributed by atoms with Crippen LogP contribution >= 0.6 is 0 Å². The van der Waals surface area contributed by atoms with Crippen LogP contribution in [0.3, 0.4) is 0 Å². The normalized spacial score (nSPS) is 10.4. The number of nitrogens with zero attached hydrogens (tertiary/aromatic N) is 2. The van der Waals surface area contributed by atoms with Crippen LogP contribution in [0.1, 0.15) is 19.5 Å². The Labute approximate surface area is 107 Å². The SMILES string of the molecule is CC(C)Oc1ccccc1NCc1cnccn1. The molecule has 4 heteroatoms. The Hall–Kier alpha value is -2.10. The Kier molecular flexibility index (Phi) is 4.12. The molecule has 1 N–H and O–H groups in total. The van der Waals surface area contributed by atoms with E-state index in [1.54, 1.807) is 18.6 Å². The smallest absolute Gasteiger partial charge is 0.142 e. The summed E-state index contributed by atoms with van der Waals surface area (Å²) >= 11 is 0. The van der Waals surface area contributed by atoms with Gasteiger partial charge in [-0.25, -0.2) is 0 Å². The molecule has 0 spiro atoms. The van der Waals surface area contributed by atoms with E-state index in [2.05, 4.69) is 15.3 Å². The molecule has 0 fully saturated rings. The first-order valence-electron chi connectivity index (χ1n) is 6.00. The van der Waals surface area contributed by atoms with E-state index in [4.69, 9.17) is 4.74 Å². The lowest BCUT2D eigenvalue weighted by molar-refractivity contribution is 0.243. The Morgan fingerprint density at radius 3 is 2.78 bits per heavy atom. The van der Waals surface area contributed by atoms with Crippen LogP contribution in [0, 0.1) is 0 Å². The van der Waals surface area contributed by atoms with Gasteiger partial charge in [-0.3, -0.25) is 9.97 Å². The van der Waals surface area contributed by atoms with Gasteiger partial charge in [0.25, 0.3) is 0 Å². The van der Waals surface area contributed by atoms with Gasteiger partial charge in [0.2, 0.25) is 0 Å². The van der Waals surface area contributed by atoms with Crippen molar-refractivity contribution >= 4 is 5.69 Å². The summed E-state index contributed by atoms with van der Waals surface area (Å²) in [4.78, 5) is 8.25. The second kappa shape index (κ2) is 6.00. The van der Waals surface area contributed by atoms with Crippen molar-refractivity contribution in [1.82, 2.24) is 9.97 Å². The number of anilines is 1. The van der Waals surface area contributed by atoms with Crippen LogP contribution in [-0.4, -0.2) is 16.1 Å². The highest BCUT2D eigenvalue weighted by molar-refractivity contribution is 5.56. The maximum absolute atomic E-state index is 5.74. The van der Waals surface area contributed by atoms with Crippen molar-refractivity contribution in [3.63, 3.8) is 0 Å². The fourth-order valence-corrected chi connectivity index (χ4v) is 1.58. The summed E-state index contributed by atoms with van der Waals surface area (Å²) < 4.78 is 5.74. The Morgan fingerprint density at radius 2 is 2.06 bits per heavy atom. The summed E-state index contributed by atoms with van der Waals surface area (Å²) in [6, 6.07) is 7.89. The summed E-state index contributed by atoms with van der Waals surface area (Å²) in [5, 5.41) is 3.31. The number of para-hydroxylation sites is 2. The van der Waals surface area contributed by atoms with Gasteiger partial charge in [-0.15, -0.1) is 0 Å². The largest absolute Gasteiger partial charge is 0.489 e. The molecule has 0 radical (unpaired) electrons. The molecule has 0 bridgehead atoms. The number of nitrogens with one attached hydrogen (secondary N) is 1. The van der Waals surface area contributed by atoms with E-state index in [0.717, 1.165) is 17.1 Å². The van der Waals surface area contributed by atoms with Gasteiger partial charge >= 0.3 is 0 Å². The third-order valence-electron chi connectivity index (χ3n) is 2.33. The van der Waals surface area contributed by atoms with E-state index in [1.807, 2.05) is 38.1 Å². The van der Waals surface area contributed by atoms with Gasteiger partial charge in [0, 0.05) is 12.4 Å². The fraction of sp³-hybridized carbons (Fsp3) is 0.286. The summed E-state index contributed by atoms with van der Waals surface area (Å²) in [5.74, 6) is 0.858. The highest BCUT2D eigenvalue weighted by atomic mass is 16.5. The monoisotopic (exact) mass is 243 g/mol. The summed E-state index contributed by atoms with van der Waals surface area (Å²) in [7, 11) is 0. The molecule has 2 aromatic rings. The maximum atomic E-state index is 5.74. The molecule has 1 aromatic heterocycles. The maximum Gasteiger partial charge on any atom is 0.142 e. The summed E-state index contributed by atoms with van der Waals surface area (Å²) in [6.07, 6.45) is 5.26. The van der Waals surface area contributed by atoms with Gasteiger partial charge in [-0.05, 0) is 26.0 Å². The van der Waals surface area contributed by atoms with E-state index < -0.39 is 0 Å². The summed E-state index contributed by atoms with van der Waals surface area (Å²) in [6.45, 7) is 4.66. The van der Waals surface area contributed by atoms with Gasteiger partial charge in [0.05, 0.1) is 30.2 Å². The van der Waals surface area contributed by atoms with Crippen LogP contribution in [0.4, 0.5) is 5.69 Å². The van der Waals surface area contributed by atoms with Gasteiger partial charge in [0.15, 0.2) is 0 Å². The second-order valence-electron chi connectivity index (χ2n) is 4.21. The minimum atomic E-state index is 0.157. The first kappa shape index (κ1) is 12.4. The molecule has 0 aliphatic heterocycles. The molecule has 4 nitrogen and oxygen atoms in total. The lowest BCUT2D eigenvalue weighted by Crippen LogP contribution is -2.09. The van der Waals surface area contributed by atoms with Crippen molar-refractivity contribution in [2.75, 3.05) is 5.32 Å². The van der Waals surface area contributed by atoms with Gasteiger partial charge < -0.3 is 10.1 Å². The van der Waals surface area contributed by atoms with E-state index in [0.29, 0.717) is 6.54 Å². The molecule has 0 amide bonds. The summed E-state index contributed by atoms with van der Waals surface area (Å²) in [5.41, 5.74) is 1.87. The first-order chi connectivity index (χ1) is 8.75. The number of hydrogen-bond acceptors (Lipinski definition) is 4. The molecule has 0 saturated carbocycles. The topological polar surface area (TPSA) is 47.0 Å². The zero-order valence-electron chi connectivity index (χ0n) is 10.6. The predicted octanol–water partition coefficient (Wildman–Crippen LogP) is 2.88. The number of aromatic nitrogens is 2. The average Bonchev–Trinajstić information content (AvgIpc) is 2.38. The minimum absolute atomic E-state index is 0.157. The third-order valence-corrected chi connectivity index (χ3v) is 2.33. The molecular weight excluding hydrogens is 226 g/mol. The highest BCUT2D eigenvalue weighted by Crippen LogP contribution is 2.25. The average molecular weight is 243 g/mol. The zero-order valence-corrected chi connectivity index (χ0v) is 10.6. The molecule has 0 aliphatic carbocycles. The first-order valence-corrected chi connectivity index (χ1v) is 6.00. The van der Waals surface area contributed by atoms with Gasteiger partial charge in [-0.1, -0.05) is 12.1 Å². The zero-order chi connectivity index (χ0) is 12.8. The van der Waals surface area contributed by atoms with Crippen molar-refractivity contribution in [3.8, 4) is 5.75 Å². The third kappa shape index (κ3) is 3.45. The highest BCUT2D eigenvalue weighted by Gasteiger charge is 2.04. The second-order valence-corrected chi connectivity index (χ2v) is 4.21. The predicted molar refractivity (Wildman–Crippen MR) is 71.6 cm³/mol. The lowest BCUT2D eigenvalue weighted by atomic mass is 10.2. The molecular formula is C14H17N3O. The number of benzene rings is 1. The van der Waals surface area contributed by atoms with E-state index >= 15 is 0 Å². The van der Waals surface area contributed by atoms with Crippen LogP contribution < -0.4 is 10.1 Å². The van der Waals surface area contributed by atoms with Gasteiger partial charge in [0.1, 0.15) is 5.75 Å². The Balaban J connectivity index is 2.05. The van der Waals surface area contributed by atoms with Crippen LogP contribution in [-0.2, 0) is 6.54 Å². The molecule has 1 heterocycles. The van der Waals surface area contributed by atoms with E-state index in [9.17, 15) is 0 Å². The van der Waals surface area contributed by atoms with Gasteiger partial charge in [-0.2, -0.15) is 0 Å². The van der Waals surface area contributed by atoms with Crippen molar-refractivity contribution in [1.29, 1.82) is 0 Å². The molecule has 1 aromatic carbocycles. The van der Waals surface area contributed by atoms with Crippen LogP contribution in [0.2, 0.25) is 0 Å². The molecule has 0 atom stereocenters. The molecule has 0 aliphatic rings. The van der Waals surface area contributed by atoms with Crippen LogP contribution in [0.15, 0.2) is 42.9 Å². The molecule has 0 saturated heterocycles. The minimum Gasteiger partial charge on any atom is -0.489 e. The lowest BCUT2D eigenvalue weighted by Gasteiger charge is -2.15. The van der Waals surface area contributed by atoms with E-state index in [-0.39, 0.29) is 6.10 Å². The van der Waals surface area contributed by atoms with E-state index in [1.165, 1.54) is 0 Å². The fourth-order valence-electron chi connectivity index (χ4n) is 1.58. The molecule has 18 heavy (non-hydrogen) atoms. The van der Waals surface area contributed by atoms with Crippen molar-refractivity contribution in [2.45, 2.75) is 26.5 Å². The van der Waals surface area contributed by atoms with Crippen molar-refractivity contribution in [3.05, 3.63) is 48.5 Å². The molecule has 2 rings (SSSR count). The number of rotatable bonds is 5. The van der Waals surface area contributed by atoms with Crippen LogP contribution in [0.25, 0.3) is 0 Å². The molecule has 0 unspecified atom stereocenters. The quantitative estimate of drug-likeness (QED) is 0.877. The van der Waals surface area contributed by atoms with Crippen molar-refractivity contribution in [2.24, 2.45) is 0 Å². The number of hydrogen-bond donors (Lipinski definition) is 1. The van der Waals surface area contributed by atoms with Crippen LogP contribution in [0.5, 0.6) is 5.75 Å². The Bertz CT molecular complexity index is 485. The van der Waals surface area contributed by atoms with Crippen molar-refractivity contribution < 1.29 is 4.74 Å². The molecule has 94 valence electrons. The standard InChI is InChI=1S/C14H17N3O/c1-11(2)18-14-6-4-3-5-13(14)17-10-12-9-15-7-8-16-12/h3-9,11,17H,10H2,1-2H3. The number of ether oxygens (including phenoxy) is 1. The Morgan fingerprint density at radius 1 is 1.22 bits per heavy atom.